The van der Waals surface area contributed by atoms with Gasteiger partial charge < -0.3 is 28.7 Å². The van der Waals surface area contributed by atoms with E-state index in [-0.39, 0.29) is 0 Å². The summed E-state index contributed by atoms with van der Waals surface area (Å²) in [5.74, 6) is 1.44. The number of rotatable bonds is 7. The summed E-state index contributed by atoms with van der Waals surface area (Å²) in [6, 6.07) is 41.9. The lowest BCUT2D eigenvalue weighted by Crippen LogP contribution is -2.31. The highest BCUT2D eigenvalue weighted by Crippen LogP contribution is 2.37. The number of aromatic amines is 1. The predicted molar refractivity (Wildman–Crippen MR) is 216 cm³/mol. The number of allylic oxidation sites excluding steroid dienone is 1. The van der Waals surface area contributed by atoms with E-state index in [1.165, 1.54) is 5.56 Å². The molecule has 9 heteroatoms. The summed E-state index contributed by atoms with van der Waals surface area (Å²) >= 11 is 0. The highest BCUT2D eigenvalue weighted by atomic mass is 16.6. The number of nitrogens with zero attached hydrogens (tertiary/aromatic N) is 3. The lowest BCUT2D eigenvalue weighted by atomic mass is 10.0. The molecule has 4 aromatic carbocycles. The van der Waals surface area contributed by atoms with Crippen molar-refractivity contribution in [3.63, 3.8) is 0 Å². The molecule has 0 aliphatic carbocycles. The number of aliphatic imine (C=N–C) groups is 2. The van der Waals surface area contributed by atoms with Gasteiger partial charge in [-0.25, -0.2) is 9.98 Å². The van der Waals surface area contributed by atoms with Crippen molar-refractivity contribution in [2.45, 2.75) is 6.54 Å². The third-order valence-electron chi connectivity index (χ3n) is 9.26. The van der Waals surface area contributed by atoms with E-state index in [9.17, 15) is 0 Å². The Hall–Kier alpha value is -5.00. The van der Waals surface area contributed by atoms with E-state index in [0.717, 1.165) is 70.2 Å². The molecule has 0 atom stereocenters. The van der Waals surface area contributed by atoms with Crippen LogP contribution in [0.1, 0.15) is 16.7 Å². The summed E-state index contributed by atoms with van der Waals surface area (Å²) in [5.41, 5.74) is 9.40. The number of H-pyrrole nitrogens is 1. The SMILES string of the molecule is C1=C(c2ccccc2)/C(=N/c2[nH]c(-c3ccccc3)cc2-c2ccc(CN3CCOCCOCCOCCOCCOCC3)cc2)N=C1c1ccccc1. The van der Waals surface area contributed by atoms with Gasteiger partial charge in [-0.2, -0.15) is 0 Å². The molecular formula is C45H48N4O5. The highest BCUT2D eigenvalue weighted by Gasteiger charge is 2.21. The lowest BCUT2D eigenvalue weighted by Gasteiger charge is -2.22. The molecule has 0 radical (unpaired) electrons. The van der Waals surface area contributed by atoms with E-state index in [4.69, 9.17) is 33.7 Å². The van der Waals surface area contributed by atoms with Gasteiger partial charge in [0.1, 0.15) is 5.82 Å². The van der Waals surface area contributed by atoms with E-state index in [1.807, 2.05) is 30.3 Å². The van der Waals surface area contributed by atoms with Crippen LogP contribution in [0.5, 0.6) is 0 Å². The zero-order valence-electron chi connectivity index (χ0n) is 30.7. The van der Waals surface area contributed by atoms with Crippen LogP contribution in [0.2, 0.25) is 0 Å². The highest BCUT2D eigenvalue weighted by molar-refractivity contribution is 6.38. The predicted octanol–water partition coefficient (Wildman–Crippen LogP) is 7.86. The Balaban J connectivity index is 1.13. The van der Waals surface area contributed by atoms with Crippen molar-refractivity contribution in [3.05, 3.63) is 144 Å². The van der Waals surface area contributed by atoms with Crippen LogP contribution in [-0.2, 0) is 30.2 Å². The average molecular weight is 725 g/mol. The molecule has 278 valence electrons. The molecule has 1 aromatic heterocycles. The fraction of sp³-hybridized carbons (Fsp3) is 0.289. The first-order chi connectivity index (χ1) is 26.8. The largest absolute Gasteiger partial charge is 0.378 e. The van der Waals surface area contributed by atoms with Crippen molar-refractivity contribution >= 4 is 22.9 Å². The number of nitrogens with one attached hydrogen (secondary N) is 1. The fourth-order valence-electron chi connectivity index (χ4n) is 6.40. The molecule has 9 nitrogen and oxygen atoms in total. The molecule has 1 fully saturated rings. The molecule has 5 aromatic rings. The van der Waals surface area contributed by atoms with Crippen LogP contribution in [0.15, 0.2) is 137 Å². The van der Waals surface area contributed by atoms with Crippen LogP contribution in [-0.4, -0.2) is 101 Å². The van der Waals surface area contributed by atoms with E-state index >= 15 is 0 Å². The second-order valence-corrected chi connectivity index (χ2v) is 13.1. The Morgan fingerprint density at radius 2 is 1.04 bits per heavy atom. The molecule has 0 spiro atoms. The lowest BCUT2D eigenvalue weighted by molar-refractivity contribution is -0.0189. The van der Waals surface area contributed by atoms with Gasteiger partial charge in [0.2, 0.25) is 0 Å². The minimum atomic E-state index is 0.549. The molecule has 1 N–H and O–H groups in total. The number of amidine groups is 1. The van der Waals surface area contributed by atoms with Gasteiger partial charge >= 0.3 is 0 Å². The zero-order valence-corrected chi connectivity index (χ0v) is 30.7. The van der Waals surface area contributed by atoms with Crippen molar-refractivity contribution in [2.75, 3.05) is 79.2 Å². The smallest absolute Gasteiger partial charge is 0.162 e. The van der Waals surface area contributed by atoms with Gasteiger partial charge in [0.15, 0.2) is 5.84 Å². The molecule has 2 aliphatic rings. The van der Waals surface area contributed by atoms with Gasteiger partial charge in [-0.15, -0.1) is 0 Å². The van der Waals surface area contributed by atoms with E-state index in [2.05, 4.69) is 107 Å². The number of benzene rings is 4. The summed E-state index contributed by atoms with van der Waals surface area (Å²) in [7, 11) is 0. The molecule has 2 aliphatic heterocycles. The molecule has 3 heterocycles. The van der Waals surface area contributed by atoms with Crippen LogP contribution >= 0.6 is 0 Å². The van der Waals surface area contributed by atoms with Gasteiger partial charge in [-0.05, 0) is 34.4 Å². The number of ether oxygens (including phenoxy) is 5. The monoisotopic (exact) mass is 724 g/mol. The first-order valence-electron chi connectivity index (χ1n) is 18.8. The fourth-order valence-corrected chi connectivity index (χ4v) is 6.40. The maximum absolute atomic E-state index is 5.90. The standard InChI is InChI=1S/C45H48N4O5/c1-4-10-36(11-5-1)40-32-42(38-12-6-2-7-13-38)46-44(40)48-45-41(33-43(47-45)39-14-8-3-9-15-39)37-18-16-35(17-19-37)34-49-20-22-50-24-26-52-28-30-54-31-29-53-27-25-51-23-21-49/h1-19,32-33,47H,20-31,34H2/b48-44-. The third-order valence-corrected chi connectivity index (χ3v) is 9.26. The van der Waals surface area contributed by atoms with Crippen molar-refractivity contribution < 1.29 is 23.7 Å². The first-order valence-corrected chi connectivity index (χ1v) is 18.8. The van der Waals surface area contributed by atoms with Crippen LogP contribution < -0.4 is 0 Å². The van der Waals surface area contributed by atoms with Gasteiger partial charge in [0, 0.05) is 42.0 Å². The number of aromatic nitrogens is 1. The van der Waals surface area contributed by atoms with Gasteiger partial charge in [-0.3, -0.25) is 4.90 Å². The summed E-state index contributed by atoms with van der Waals surface area (Å²) < 4.78 is 28.6. The molecule has 0 bridgehead atoms. The average Bonchev–Trinajstić information content (AvgIpc) is 3.85. The molecule has 0 saturated carbocycles. The molecule has 0 unspecified atom stereocenters. The third kappa shape index (κ3) is 10.6. The van der Waals surface area contributed by atoms with Crippen molar-refractivity contribution in [2.24, 2.45) is 9.98 Å². The van der Waals surface area contributed by atoms with Gasteiger partial charge in [0.05, 0.1) is 71.8 Å². The topological polar surface area (TPSA) is 89.9 Å². The van der Waals surface area contributed by atoms with Crippen molar-refractivity contribution in [3.8, 4) is 22.4 Å². The molecule has 0 amide bonds. The van der Waals surface area contributed by atoms with Crippen LogP contribution in [0, 0.1) is 0 Å². The zero-order chi connectivity index (χ0) is 36.6. The molecular weight excluding hydrogens is 677 g/mol. The maximum Gasteiger partial charge on any atom is 0.162 e. The summed E-state index contributed by atoms with van der Waals surface area (Å²) in [5, 5.41) is 0. The Labute approximate surface area is 317 Å². The Morgan fingerprint density at radius 3 is 1.59 bits per heavy atom. The Kier molecular flexibility index (Phi) is 13.8. The minimum Gasteiger partial charge on any atom is -0.378 e. The minimum absolute atomic E-state index is 0.549. The maximum atomic E-state index is 5.90. The van der Waals surface area contributed by atoms with E-state index in [1.54, 1.807) is 0 Å². The number of hydrogen-bond donors (Lipinski definition) is 1. The second-order valence-electron chi connectivity index (χ2n) is 13.1. The molecule has 1 saturated heterocycles. The number of hydrogen-bond acceptors (Lipinski definition) is 7. The van der Waals surface area contributed by atoms with Crippen molar-refractivity contribution in [1.82, 2.24) is 9.88 Å². The van der Waals surface area contributed by atoms with E-state index in [0.29, 0.717) is 71.9 Å². The molecule has 54 heavy (non-hydrogen) atoms. The van der Waals surface area contributed by atoms with Crippen LogP contribution in [0.25, 0.3) is 28.0 Å². The van der Waals surface area contributed by atoms with Crippen LogP contribution in [0.3, 0.4) is 0 Å². The Bertz CT molecular complexity index is 1960. The summed E-state index contributed by atoms with van der Waals surface area (Å²) in [4.78, 5) is 16.4. The van der Waals surface area contributed by atoms with Gasteiger partial charge in [-0.1, -0.05) is 115 Å². The van der Waals surface area contributed by atoms with Gasteiger partial charge in [0.25, 0.3) is 0 Å². The van der Waals surface area contributed by atoms with E-state index < -0.39 is 0 Å². The summed E-state index contributed by atoms with van der Waals surface area (Å²) in [6.07, 6.45) is 2.14. The molecule has 7 rings (SSSR count). The second kappa shape index (κ2) is 19.9. The quantitative estimate of drug-likeness (QED) is 0.184. The normalized spacial score (nSPS) is 18.1. The Morgan fingerprint density at radius 1 is 0.537 bits per heavy atom. The summed E-state index contributed by atoms with van der Waals surface area (Å²) in [6.45, 7) is 7.99. The van der Waals surface area contributed by atoms with Crippen LogP contribution in [0.4, 0.5) is 5.82 Å². The first kappa shape index (κ1) is 37.3. The van der Waals surface area contributed by atoms with Crippen molar-refractivity contribution in [1.29, 1.82) is 0 Å².